The molecule has 1 aliphatic rings. The number of aryl methyl sites for hydroxylation is 1. The lowest BCUT2D eigenvalue weighted by Gasteiger charge is -2.19. The van der Waals surface area contributed by atoms with Gasteiger partial charge in [-0.05, 0) is 19.1 Å². The highest BCUT2D eigenvalue weighted by atomic mass is 32.1. The number of nitrogens with one attached hydrogen (secondary N) is 1. The third kappa shape index (κ3) is 3.41. The van der Waals surface area contributed by atoms with Crippen molar-refractivity contribution >= 4 is 28.8 Å². The maximum atomic E-state index is 12.4. The Kier molecular flexibility index (Phi) is 4.80. The molecule has 126 valence electrons. The van der Waals surface area contributed by atoms with Crippen molar-refractivity contribution in [1.29, 1.82) is 0 Å². The molecule has 7 heteroatoms. The van der Waals surface area contributed by atoms with E-state index in [1.807, 2.05) is 30.5 Å². The number of aromatic nitrogens is 1. The molecule has 0 saturated carbocycles. The number of ether oxygens (including phenoxy) is 1. The van der Waals surface area contributed by atoms with Gasteiger partial charge in [0.15, 0.2) is 0 Å². The molecule has 1 aromatic heterocycles. The highest BCUT2D eigenvalue weighted by Gasteiger charge is 2.36. The second kappa shape index (κ2) is 7.00. The lowest BCUT2D eigenvalue weighted by molar-refractivity contribution is -0.126. The lowest BCUT2D eigenvalue weighted by atomic mass is 10.1. The van der Waals surface area contributed by atoms with Gasteiger partial charge in [0.25, 0.3) is 0 Å². The largest absolute Gasteiger partial charge is 0.495 e. The Labute approximate surface area is 144 Å². The van der Waals surface area contributed by atoms with Gasteiger partial charge in [0.05, 0.1) is 25.3 Å². The number of rotatable bonds is 5. The van der Waals surface area contributed by atoms with Crippen LogP contribution in [0, 0.1) is 12.8 Å². The molecule has 0 aliphatic carbocycles. The summed E-state index contributed by atoms with van der Waals surface area (Å²) in [5.41, 5.74) is 1.65. The maximum Gasteiger partial charge on any atom is 0.227 e. The van der Waals surface area contributed by atoms with Crippen molar-refractivity contribution in [3.05, 3.63) is 40.3 Å². The summed E-state index contributed by atoms with van der Waals surface area (Å²) in [7, 11) is 1.57. The number of carbonyl (C=O) groups excluding carboxylic acids is 2. The zero-order valence-corrected chi connectivity index (χ0v) is 14.4. The Morgan fingerprint density at radius 1 is 1.46 bits per heavy atom. The van der Waals surface area contributed by atoms with E-state index < -0.39 is 0 Å². The van der Waals surface area contributed by atoms with Crippen molar-refractivity contribution in [2.24, 2.45) is 5.92 Å². The van der Waals surface area contributed by atoms with Crippen LogP contribution in [0.4, 0.5) is 5.69 Å². The van der Waals surface area contributed by atoms with E-state index in [-0.39, 0.29) is 24.2 Å². The quantitative estimate of drug-likeness (QED) is 0.901. The Hall–Kier alpha value is -2.41. The topological polar surface area (TPSA) is 71.5 Å². The summed E-state index contributed by atoms with van der Waals surface area (Å²) in [6.07, 6.45) is 0.209. The number of para-hydroxylation sites is 2. The number of benzene rings is 1. The molecule has 0 radical (unpaired) electrons. The normalized spacial score (nSPS) is 17.2. The van der Waals surface area contributed by atoms with E-state index >= 15 is 0 Å². The van der Waals surface area contributed by atoms with Gasteiger partial charge in [-0.2, -0.15) is 0 Å². The predicted molar refractivity (Wildman–Crippen MR) is 92.2 cm³/mol. The van der Waals surface area contributed by atoms with Crippen molar-refractivity contribution in [3.8, 4) is 5.75 Å². The molecule has 0 spiro atoms. The highest BCUT2D eigenvalue weighted by molar-refractivity contribution is 7.09. The van der Waals surface area contributed by atoms with Crippen LogP contribution in [-0.2, 0) is 16.1 Å². The number of carbonyl (C=O) groups is 2. The van der Waals surface area contributed by atoms with Crippen LogP contribution in [0.25, 0.3) is 0 Å². The van der Waals surface area contributed by atoms with E-state index in [1.54, 1.807) is 18.1 Å². The van der Waals surface area contributed by atoms with Crippen LogP contribution in [0.2, 0.25) is 0 Å². The standard InChI is InChI=1S/C17H19N3O3S/c1-11-10-24-15(19-11)8-18-17(22)12-7-16(21)20(9-12)13-5-3-4-6-14(13)23-2/h3-6,10,12H,7-9H2,1-2H3,(H,18,22). The molecule has 2 heterocycles. The molecular formula is C17H19N3O3S. The van der Waals surface area contributed by atoms with Crippen molar-refractivity contribution in [3.63, 3.8) is 0 Å². The van der Waals surface area contributed by atoms with Crippen LogP contribution in [0.5, 0.6) is 5.75 Å². The van der Waals surface area contributed by atoms with Crippen LogP contribution >= 0.6 is 11.3 Å². The van der Waals surface area contributed by atoms with Crippen LogP contribution in [0.1, 0.15) is 17.1 Å². The second-order valence-corrected chi connectivity index (χ2v) is 6.62. The zero-order valence-electron chi connectivity index (χ0n) is 13.6. The Morgan fingerprint density at radius 2 is 2.25 bits per heavy atom. The Morgan fingerprint density at radius 3 is 2.96 bits per heavy atom. The number of nitrogens with zero attached hydrogens (tertiary/aromatic N) is 2. The average molecular weight is 345 g/mol. The van der Waals surface area contributed by atoms with Gasteiger partial charge in [-0.15, -0.1) is 11.3 Å². The van der Waals surface area contributed by atoms with E-state index in [4.69, 9.17) is 4.74 Å². The summed E-state index contributed by atoms with van der Waals surface area (Å²) in [5, 5.41) is 5.69. The molecule has 1 fully saturated rings. The average Bonchev–Trinajstić information content (AvgIpc) is 3.18. The maximum absolute atomic E-state index is 12.4. The van der Waals surface area contributed by atoms with Crippen molar-refractivity contribution in [2.75, 3.05) is 18.6 Å². The molecule has 2 amide bonds. The van der Waals surface area contributed by atoms with Crippen molar-refractivity contribution < 1.29 is 14.3 Å². The van der Waals surface area contributed by atoms with Gasteiger partial charge in [0.2, 0.25) is 11.8 Å². The zero-order chi connectivity index (χ0) is 17.1. The number of hydrogen-bond acceptors (Lipinski definition) is 5. The first-order valence-corrected chi connectivity index (χ1v) is 8.58. The van der Waals surface area contributed by atoms with Crippen molar-refractivity contribution in [1.82, 2.24) is 10.3 Å². The first kappa shape index (κ1) is 16.4. The molecule has 6 nitrogen and oxygen atoms in total. The third-order valence-corrected chi connectivity index (χ3v) is 4.92. The number of methoxy groups -OCH3 is 1. The predicted octanol–water partition coefficient (Wildman–Crippen LogP) is 2.13. The van der Waals surface area contributed by atoms with Crippen LogP contribution < -0.4 is 15.0 Å². The molecule has 24 heavy (non-hydrogen) atoms. The number of amides is 2. The summed E-state index contributed by atoms with van der Waals surface area (Å²) in [4.78, 5) is 30.6. The summed E-state index contributed by atoms with van der Waals surface area (Å²) < 4.78 is 5.31. The molecule has 1 aliphatic heterocycles. The number of thiazole rings is 1. The van der Waals surface area contributed by atoms with Gasteiger partial charge in [-0.25, -0.2) is 4.98 Å². The molecule has 1 saturated heterocycles. The molecule has 1 atom stereocenters. The lowest BCUT2D eigenvalue weighted by Crippen LogP contribution is -2.32. The number of hydrogen-bond donors (Lipinski definition) is 1. The van der Waals surface area contributed by atoms with Crippen LogP contribution in [-0.4, -0.2) is 30.5 Å². The molecular weight excluding hydrogens is 326 g/mol. The third-order valence-electron chi connectivity index (χ3n) is 3.95. The molecule has 0 bridgehead atoms. The second-order valence-electron chi connectivity index (χ2n) is 5.68. The smallest absolute Gasteiger partial charge is 0.227 e. The summed E-state index contributed by atoms with van der Waals surface area (Å²) >= 11 is 1.52. The summed E-state index contributed by atoms with van der Waals surface area (Å²) in [6.45, 7) is 2.68. The van der Waals surface area contributed by atoms with E-state index in [0.717, 1.165) is 10.7 Å². The fraction of sp³-hybridized carbons (Fsp3) is 0.353. The van der Waals surface area contributed by atoms with Gasteiger partial charge in [-0.3, -0.25) is 9.59 Å². The Bertz CT molecular complexity index is 759. The molecule has 3 rings (SSSR count). The van der Waals surface area contributed by atoms with Gasteiger partial charge in [0, 0.05) is 24.0 Å². The first-order chi connectivity index (χ1) is 11.6. The number of anilines is 1. The molecule has 2 aromatic rings. The van der Waals surface area contributed by atoms with E-state index in [2.05, 4.69) is 10.3 Å². The highest BCUT2D eigenvalue weighted by Crippen LogP contribution is 2.32. The summed E-state index contributed by atoms with van der Waals surface area (Å²) in [5.74, 6) is 0.0898. The van der Waals surface area contributed by atoms with E-state index in [9.17, 15) is 9.59 Å². The SMILES string of the molecule is COc1ccccc1N1CC(C(=O)NCc2nc(C)cs2)CC1=O. The molecule has 1 unspecified atom stereocenters. The van der Waals surface area contributed by atoms with E-state index in [1.165, 1.54) is 11.3 Å². The fourth-order valence-corrected chi connectivity index (χ4v) is 3.47. The minimum atomic E-state index is -0.358. The Balaban J connectivity index is 1.64. The molecule has 1 N–H and O–H groups in total. The minimum Gasteiger partial charge on any atom is -0.495 e. The molecule has 1 aromatic carbocycles. The van der Waals surface area contributed by atoms with Gasteiger partial charge in [-0.1, -0.05) is 12.1 Å². The fourth-order valence-electron chi connectivity index (χ4n) is 2.76. The van der Waals surface area contributed by atoms with Gasteiger partial charge in [0.1, 0.15) is 10.8 Å². The van der Waals surface area contributed by atoms with Crippen LogP contribution in [0.15, 0.2) is 29.6 Å². The van der Waals surface area contributed by atoms with Crippen molar-refractivity contribution in [2.45, 2.75) is 19.9 Å². The van der Waals surface area contributed by atoms with Crippen LogP contribution in [0.3, 0.4) is 0 Å². The monoisotopic (exact) mass is 345 g/mol. The van der Waals surface area contributed by atoms with Gasteiger partial charge < -0.3 is 15.0 Å². The first-order valence-electron chi connectivity index (χ1n) is 7.70. The minimum absolute atomic E-state index is 0.0651. The van der Waals surface area contributed by atoms with Gasteiger partial charge >= 0.3 is 0 Å². The van der Waals surface area contributed by atoms with E-state index in [0.29, 0.717) is 24.5 Å². The summed E-state index contributed by atoms with van der Waals surface area (Å²) in [6, 6.07) is 7.34.